The minimum absolute atomic E-state index is 0.0472. The van der Waals surface area contributed by atoms with E-state index in [4.69, 9.17) is 0 Å². The fourth-order valence-electron chi connectivity index (χ4n) is 3.82. The SMILES string of the molecule is CC(=O)Nc1ccc(N2C(=O)C(O)=C(C(=O)c3cccs3)C2c2ccc(N(C)C)cc2)cc1. The van der Waals surface area contributed by atoms with Crippen molar-refractivity contribution in [2.75, 3.05) is 29.2 Å². The molecule has 0 fully saturated rings. The molecule has 2 heterocycles. The number of carbonyl (C=O) groups is 3. The summed E-state index contributed by atoms with van der Waals surface area (Å²) >= 11 is 1.26. The number of aliphatic hydroxyl groups is 1. The van der Waals surface area contributed by atoms with Gasteiger partial charge in [-0.05, 0) is 53.4 Å². The number of benzene rings is 2. The number of amides is 2. The first-order valence-corrected chi connectivity index (χ1v) is 11.2. The predicted octanol–water partition coefficient (Wildman–Crippen LogP) is 4.56. The van der Waals surface area contributed by atoms with Gasteiger partial charge in [0.15, 0.2) is 5.76 Å². The fourth-order valence-corrected chi connectivity index (χ4v) is 4.50. The van der Waals surface area contributed by atoms with Crippen LogP contribution in [0.4, 0.5) is 17.1 Å². The molecule has 0 aliphatic carbocycles. The third-order valence-corrected chi connectivity index (χ3v) is 6.26. The summed E-state index contributed by atoms with van der Waals surface area (Å²) in [7, 11) is 3.85. The highest BCUT2D eigenvalue weighted by Gasteiger charge is 2.44. The van der Waals surface area contributed by atoms with Crippen LogP contribution >= 0.6 is 11.3 Å². The van der Waals surface area contributed by atoms with Crippen LogP contribution in [-0.2, 0) is 9.59 Å². The lowest BCUT2D eigenvalue weighted by atomic mass is 9.95. The van der Waals surface area contributed by atoms with Gasteiger partial charge in [-0.15, -0.1) is 11.3 Å². The summed E-state index contributed by atoms with van der Waals surface area (Å²) in [5, 5.41) is 15.3. The second-order valence-electron chi connectivity index (χ2n) is 7.86. The molecule has 0 saturated heterocycles. The van der Waals surface area contributed by atoms with E-state index in [1.807, 2.05) is 43.3 Å². The normalized spacial score (nSPS) is 15.7. The van der Waals surface area contributed by atoms with Crippen LogP contribution in [-0.4, -0.2) is 36.8 Å². The maximum absolute atomic E-state index is 13.3. The average Bonchev–Trinajstić information content (AvgIpc) is 3.41. The molecule has 0 bridgehead atoms. The van der Waals surface area contributed by atoms with Gasteiger partial charge in [-0.2, -0.15) is 0 Å². The van der Waals surface area contributed by atoms with Crippen molar-refractivity contribution in [3.05, 3.63) is 87.8 Å². The number of carbonyl (C=O) groups excluding carboxylic acids is 3. The largest absolute Gasteiger partial charge is 0.503 e. The summed E-state index contributed by atoms with van der Waals surface area (Å²) in [6.07, 6.45) is 0. The molecule has 0 radical (unpaired) electrons. The zero-order valence-corrected chi connectivity index (χ0v) is 19.2. The van der Waals surface area contributed by atoms with Crippen LogP contribution in [0.25, 0.3) is 0 Å². The molecule has 1 aliphatic rings. The van der Waals surface area contributed by atoms with Crippen molar-refractivity contribution in [2.24, 2.45) is 0 Å². The summed E-state index contributed by atoms with van der Waals surface area (Å²) < 4.78 is 0. The zero-order valence-electron chi connectivity index (χ0n) is 18.4. The van der Waals surface area contributed by atoms with Crippen molar-refractivity contribution in [1.82, 2.24) is 0 Å². The van der Waals surface area contributed by atoms with E-state index >= 15 is 0 Å². The number of nitrogens with zero attached hydrogens (tertiary/aromatic N) is 2. The van der Waals surface area contributed by atoms with E-state index in [-0.39, 0.29) is 17.3 Å². The number of thiophene rings is 1. The molecule has 1 unspecified atom stereocenters. The first-order valence-electron chi connectivity index (χ1n) is 10.3. The van der Waals surface area contributed by atoms with Gasteiger partial charge in [0.25, 0.3) is 5.91 Å². The smallest absolute Gasteiger partial charge is 0.294 e. The molecule has 0 spiro atoms. The quantitative estimate of drug-likeness (QED) is 0.526. The highest BCUT2D eigenvalue weighted by Crippen LogP contribution is 2.42. The molecule has 2 aromatic carbocycles. The van der Waals surface area contributed by atoms with E-state index in [1.54, 1.807) is 41.8 Å². The van der Waals surface area contributed by atoms with Gasteiger partial charge in [-0.1, -0.05) is 18.2 Å². The van der Waals surface area contributed by atoms with Gasteiger partial charge in [0.1, 0.15) is 0 Å². The van der Waals surface area contributed by atoms with E-state index in [2.05, 4.69) is 5.32 Å². The molecule has 1 atom stereocenters. The number of hydrogen-bond acceptors (Lipinski definition) is 6. The Kier molecular flexibility index (Phi) is 6.02. The molecule has 3 aromatic rings. The Bertz CT molecular complexity index is 1230. The molecule has 33 heavy (non-hydrogen) atoms. The number of ketones is 1. The van der Waals surface area contributed by atoms with E-state index in [1.165, 1.54) is 23.2 Å². The van der Waals surface area contributed by atoms with Crippen LogP contribution in [0.5, 0.6) is 0 Å². The van der Waals surface area contributed by atoms with E-state index in [0.717, 1.165) is 5.69 Å². The topological polar surface area (TPSA) is 90.0 Å². The Morgan fingerprint density at radius 3 is 2.24 bits per heavy atom. The third-order valence-electron chi connectivity index (χ3n) is 5.39. The van der Waals surface area contributed by atoms with Crippen LogP contribution < -0.4 is 15.1 Å². The molecule has 7 nitrogen and oxygen atoms in total. The van der Waals surface area contributed by atoms with Gasteiger partial charge in [0.2, 0.25) is 11.7 Å². The van der Waals surface area contributed by atoms with Crippen molar-refractivity contribution in [3.8, 4) is 0 Å². The Labute approximate surface area is 195 Å². The number of hydrogen-bond donors (Lipinski definition) is 2. The standard InChI is InChI=1S/C25H23N3O4S/c1-15(29)26-17-8-12-19(13-9-17)28-22(16-6-10-18(11-7-16)27(2)3)21(24(31)25(28)32)23(30)20-5-4-14-33-20/h4-14,22,31H,1-3H3,(H,26,29). The molecule has 2 amide bonds. The molecule has 2 N–H and O–H groups in total. The summed E-state index contributed by atoms with van der Waals surface area (Å²) in [6.45, 7) is 1.41. The molecule has 4 rings (SSSR count). The maximum Gasteiger partial charge on any atom is 0.294 e. The van der Waals surface area contributed by atoms with Crippen LogP contribution in [0, 0.1) is 0 Å². The minimum atomic E-state index is -0.796. The van der Waals surface area contributed by atoms with E-state index in [9.17, 15) is 19.5 Å². The van der Waals surface area contributed by atoms with Gasteiger partial charge in [-0.3, -0.25) is 19.3 Å². The molecule has 1 aliphatic heterocycles. The number of nitrogens with one attached hydrogen (secondary N) is 1. The summed E-state index contributed by atoms with van der Waals surface area (Å²) in [4.78, 5) is 41.7. The van der Waals surface area contributed by atoms with Crippen LogP contribution in [0.2, 0.25) is 0 Å². The fraction of sp³-hybridized carbons (Fsp3) is 0.160. The summed E-state index contributed by atoms with van der Waals surface area (Å²) in [5.41, 5.74) is 2.79. The lowest BCUT2D eigenvalue weighted by Crippen LogP contribution is -2.31. The minimum Gasteiger partial charge on any atom is -0.503 e. The Morgan fingerprint density at radius 2 is 1.70 bits per heavy atom. The average molecular weight is 462 g/mol. The Balaban J connectivity index is 1.80. The summed E-state index contributed by atoms with van der Waals surface area (Å²) in [6, 6.07) is 16.8. The lowest BCUT2D eigenvalue weighted by molar-refractivity contribution is -0.117. The first kappa shape index (κ1) is 22.3. The number of Topliss-reactive ketones (excluding diaryl/α,β-unsaturated/α-hetero) is 1. The highest BCUT2D eigenvalue weighted by atomic mass is 32.1. The maximum atomic E-state index is 13.3. The van der Waals surface area contributed by atoms with Gasteiger partial charge in [0, 0.05) is 38.1 Å². The third kappa shape index (κ3) is 4.25. The van der Waals surface area contributed by atoms with Crippen molar-refractivity contribution in [3.63, 3.8) is 0 Å². The second-order valence-corrected chi connectivity index (χ2v) is 8.81. The second kappa shape index (κ2) is 8.91. The monoisotopic (exact) mass is 461 g/mol. The number of aliphatic hydroxyl groups excluding tert-OH is 1. The lowest BCUT2D eigenvalue weighted by Gasteiger charge is -2.27. The van der Waals surface area contributed by atoms with Gasteiger partial charge < -0.3 is 15.3 Å². The Morgan fingerprint density at radius 1 is 1.03 bits per heavy atom. The van der Waals surface area contributed by atoms with Gasteiger partial charge in [-0.25, -0.2) is 0 Å². The zero-order chi connectivity index (χ0) is 23.7. The Hall–Kier alpha value is -3.91. The highest BCUT2D eigenvalue weighted by molar-refractivity contribution is 7.12. The molecule has 0 saturated carbocycles. The molecular formula is C25H23N3O4S. The molecule has 8 heteroatoms. The van der Waals surface area contributed by atoms with Crippen molar-refractivity contribution in [1.29, 1.82) is 0 Å². The van der Waals surface area contributed by atoms with Crippen molar-refractivity contribution < 1.29 is 19.5 Å². The van der Waals surface area contributed by atoms with Crippen LogP contribution in [0.3, 0.4) is 0 Å². The molecule has 168 valence electrons. The summed E-state index contributed by atoms with van der Waals surface area (Å²) in [5.74, 6) is -1.79. The number of anilines is 3. The van der Waals surface area contributed by atoms with Crippen LogP contribution in [0.1, 0.15) is 28.2 Å². The first-order chi connectivity index (χ1) is 15.8. The predicted molar refractivity (Wildman–Crippen MR) is 130 cm³/mol. The van der Waals surface area contributed by atoms with Crippen molar-refractivity contribution >= 4 is 46.0 Å². The van der Waals surface area contributed by atoms with Gasteiger partial charge >= 0.3 is 0 Å². The van der Waals surface area contributed by atoms with Gasteiger partial charge in [0.05, 0.1) is 16.5 Å². The van der Waals surface area contributed by atoms with E-state index < -0.39 is 17.7 Å². The molecular weight excluding hydrogens is 438 g/mol. The van der Waals surface area contributed by atoms with Crippen molar-refractivity contribution in [2.45, 2.75) is 13.0 Å². The molecule has 1 aromatic heterocycles. The van der Waals surface area contributed by atoms with Crippen LogP contribution in [0.15, 0.2) is 77.4 Å². The van der Waals surface area contributed by atoms with E-state index in [0.29, 0.717) is 21.8 Å². The number of rotatable bonds is 6.